The quantitative estimate of drug-likeness (QED) is 0.565. The van der Waals surface area contributed by atoms with Gasteiger partial charge in [-0.25, -0.2) is 0 Å². The summed E-state index contributed by atoms with van der Waals surface area (Å²) < 4.78 is 5.60. The van der Waals surface area contributed by atoms with Crippen LogP contribution in [0, 0.1) is 5.92 Å². The van der Waals surface area contributed by atoms with Crippen LogP contribution < -0.4 is 10.5 Å². The van der Waals surface area contributed by atoms with Gasteiger partial charge in [0.25, 0.3) is 0 Å². The molecule has 0 bridgehead atoms. The van der Waals surface area contributed by atoms with Gasteiger partial charge in [0.2, 0.25) is 0 Å². The second kappa shape index (κ2) is 3.57. The van der Waals surface area contributed by atoms with Gasteiger partial charge in [0.15, 0.2) is 6.29 Å². The van der Waals surface area contributed by atoms with Gasteiger partial charge in [-0.3, -0.25) is 4.79 Å². The fourth-order valence-corrected chi connectivity index (χ4v) is 1.96. The number of carbonyl (C=O) groups is 1. The average molecular weight is 205 g/mol. The van der Waals surface area contributed by atoms with Crippen molar-refractivity contribution in [3.63, 3.8) is 0 Å². The van der Waals surface area contributed by atoms with E-state index in [0.717, 1.165) is 11.8 Å². The third-order valence-corrected chi connectivity index (χ3v) is 3.13. The molecule has 0 saturated carbocycles. The van der Waals surface area contributed by atoms with Crippen LogP contribution in [0.2, 0.25) is 0 Å². The molecule has 1 heterocycles. The van der Waals surface area contributed by atoms with Crippen molar-refractivity contribution in [3.05, 3.63) is 23.3 Å². The summed E-state index contributed by atoms with van der Waals surface area (Å²) in [5.41, 5.74) is 7.99. The zero-order valence-corrected chi connectivity index (χ0v) is 8.99. The standard InChI is InChI=1S/C12H15NO2/c1-7-6-15-12-9(5-14)3-10(13)4-11(12)8(7)2/h3-5,7-8H,6,13H2,1-2H3. The van der Waals surface area contributed by atoms with Gasteiger partial charge >= 0.3 is 0 Å². The summed E-state index contributed by atoms with van der Waals surface area (Å²) in [4.78, 5) is 10.9. The van der Waals surface area contributed by atoms with Crippen LogP contribution in [0.15, 0.2) is 12.1 Å². The van der Waals surface area contributed by atoms with Crippen LogP contribution in [0.1, 0.15) is 35.7 Å². The molecule has 3 nitrogen and oxygen atoms in total. The lowest BCUT2D eigenvalue weighted by Gasteiger charge is -2.30. The summed E-state index contributed by atoms with van der Waals surface area (Å²) in [5.74, 6) is 1.56. The monoisotopic (exact) mass is 205 g/mol. The van der Waals surface area contributed by atoms with Crippen molar-refractivity contribution in [2.24, 2.45) is 5.92 Å². The number of rotatable bonds is 1. The molecule has 0 amide bonds. The van der Waals surface area contributed by atoms with Crippen LogP contribution in [-0.2, 0) is 0 Å². The number of aldehydes is 1. The number of fused-ring (bicyclic) bond motifs is 1. The fraction of sp³-hybridized carbons (Fsp3) is 0.417. The van der Waals surface area contributed by atoms with Gasteiger partial charge < -0.3 is 10.5 Å². The Morgan fingerprint density at radius 3 is 2.87 bits per heavy atom. The Bertz CT molecular complexity index is 401. The molecule has 15 heavy (non-hydrogen) atoms. The van der Waals surface area contributed by atoms with Crippen LogP contribution in [-0.4, -0.2) is 12.9 Å². The number of hydrogen-bond donors (Lipinski definition) is 1. The third kappa shape index (κ3) is 1.58. The van der Waals surface area contributed by atoms with Gasteiger partial charge in [-0.2, -0.15) is 0 Å². The van der Waals surface area contributed by atoms with E-state index >= 15 is 0 Å². The number of nitrogen functional groups attached to an aromatic ring is 1. The van der Waals surface area contributed by atoms with Crippen LogP contribution in [0.25, 0.3) is 0 Å². The molecule has 3 heteroatoms. The predicted octanol–water partition coefficient (Wildman–Crippen LogP) is 2.21. The normalized spacial score (nSPS) is 24.1. The minimum absolute atomic E-state index is 0.385. The number of hydrogen-bond acceptors (Lipinski definition) is 3. The lowest BCUT2D eigenvalue weighted by molar-refractivity contribution is 0.111. The lowest BCUT2D eigenvalue weighted by Crippen LogP contribution is -2.22. The summed E-state index contributed by atoms with van der Waals surface area (Å²) in [5, 5.41) is 0. The minimum Gasteiger partial charge on any atom is -0.492 e. The van der Waals surface area contributed by atoms with E-state index < -0.39 is 0 Å². The van der Waals surface area contributed by atoms with Gasteiger partial charge in [-0.05, 0) is 24.0 Å². The Labute approximate surface area is 89.2 Å². The largest absolute Gasteiger partial charge is 0.492 e. The molecule has 0 spiro atoms. The van der Waals surface area contributed by atoms with E-state index in [9.17, 15) is 4.79 Å². The zero-order chi connectivity index (χ0) is 11.0. The Morgan fingerprint density at radius 2 is 2.20 bits per heavy atom. The fourth-order valence-electron chi connectivity index (χ4n) is 1.96. The van der Waals surface area contributed by atoms with E-state index in [1.165, 1.54) is 0 Å². The molecule has 0 aliphatic carbocycles. The molecule has 1 aromatic rings. The van der Waals surface area contributed by atoms with Gasteiger partial charge in [0.05, 0.1) is 12.2 Å². The van der Waals surface area contributed by atoms with Gasteiger partial charge in [-0.15, -0.1) is 0 Å². The van der Waals surface area contributed by atoms with Crippen LogP contribution in [0.4, 0.5) is 5.69 Å². The van der Waals surface area contributed by atoms with E-state index in [-0.39, 0.29) is 0 Å². The highest BCUT2D eigenvalue weighted by molar-refractivity contribution is 5.82. The highest BCUT2D eigenvalue weighted by Gasteiger charge is 2.26. The molecule has 2 unspecified atom stereocenters. The number of carbonyl (C=O) groups excluding carboxylic acids is 1. The Kier molecular flexibility index (Phi) is 2.39. The molecular weight excluding hydrogens is 190 g/mol. The first kappa shape index (κ1) is 10.0. The molecule has 2 rings (SSSR count). The number of anilines is 1. The molecular formula is C12H15NO2. The molecule has 1 aliphatic heterocycles. The SMILES string of the molecule is CC1COc2c(C=O)cc(N)cc2C1C. The summed E-state index contributed by atoms with van der Waals surface area (Å²) in [6.45, 7) is 4.94. The molecule has 0 fully saturated rings. The van der Waals surface area contributed by atoms with Gasteiger partial charge in [0.1, 0.15) is 5.75 Å². The average Bonchev–Trinajstić information content (AvgIpc) is 2.23. The van der Waals surface area contributed by atoms with Crippen LogP contribution in [0.5, 0.6) is 5.75 Å². The molecule has 1 aromatic carbocycles. The summed E-state index contributed by atoms with van der Waals surface area (Å²) in [7, 11) is 0. The second-order valence-corrected chi connectivity index (χ2v) is 4.22. The number of ether oxygens (including phenoxy) is 1. The summed E-state index contributed by atoms with van der Waals surface area (Å²) in [6.07, 6.45) is 0.803. The lowest BCUT2D eigenvalue weighted by atomic mass is 9.85. The minimum atomic E-state index is 0.385. The van der Waals surface area contributed by atoms with E-state index in [1.54, 1.807) is 6.07 Å². The Balaban J connectivity index is 2.58. The van der Waals surface area contributed by atoms with Crippen molar-refractivity contribution in [2.45, 2.75) is 19.8 Å². The van der Waals surface area contributed by atoms with Crippen molar-refractivity contribution >= 4 is 12.0 Å². The van der Waals surface area contributed by atoms with Crippen LogP contribution >= 0.6 is 0 Å². The highest BCUT2D eigenvalue weighted by Crippen LogP contribution is 2.39. The maximum atomic E-state index is 10.9. The van der Waals surface area contributed by atoms with Crippen molar-refractivity contribution in [1.29, 1.82) is 0 Å². The molecule has 2 atom stereocenters. The third-order valence-electron chi connectivity index (χ3n) is 3.13. The van der Waals surface area contributed by atoms with Crippen molar-refractivity contribution in [2.75, 3.05) is 12.3 Å². The van der Waals surface area contributed by atoms with E-state index in [0.29, 0.717) is 35.4 Å². The van der Waals surface area contributed by atoms with Crippen LogP contribution in [0.3, 0.4) is 0 Å². The maximum absolute atomic E-state index is 10.9. The summed E-state index contributed by atoms with van der Waals surface area (Å²) >= 11 is 0. The second-order valence-electron chi connectivity index (χ2n) is 4.22. The Morgan fingerprint density at radius 1 is 1.47 bits per heavy atom. The molecule has 0 saturated heterocycles. The van der Waals surface area contributed by atoms with E-state index in [2.05, 4.69) is 13.8 Å². The summed E-state index contributed by atoms with van der Waals surface area (Å²) in [6, 6.07) is 3.57. The predicted molar refractivity (Wildman–Crippen MR) is 59.3 cm³/mol. The first-order valence-electron chi connectivity index (χ1n) is 5.15. The zero-order valence-electron chi connectivity index (χ0n) is 8.99. The van der Waals surface area contributed by atoms with Crippen molar-refractivity contribution < 1.29 is 9.53 Å². The Hall–Kier alpha value is -1.51. The molecule has 0 aromatic heterocycles. The molecule has 2 N–H and O–H groups in total. The first-order valence-corrected chi connectivity index (χ1v) is 5.15. The van der Waals surface area contributed by atoms with Crippen molar-refractivity contribution in [3.8, 4) is 5.75 Å². The van der Waals surface area contributed by atoms with Gasteiger partial charge in [0, 0.05) is 11.3 Å². The molecule has 80 valence electrons. The van der Waals surface area contributed by atoms with E-state index in [1.807, 2.05) is 6.07 Å². The van der Waals surface area contributed by atoms with E-state index in [4.69, 9.17) is 10.5 Å². The van der Waals surface area contributed by atoms with Crippen molar-refractivity contribution in [1.82, 2.24) is 0 Å². The molecule has 1 aliphatic rings. The van der Waals surface area contributed by atoms with Gasteiger partial charge in [-0.1, -0.05) is 13.8 Å². The smallest absolute Gasteiger partial charge is 0.153 e. The maximum Gasteiger partial charge on any atom is 0.153 e. The number of nitrogens with two attached hydrogens (primary N) is 1. The topological polar surface area (TPSA) is 52.3 Å². The highest BCUT2D eigenvalue weighted by atomic mass is 16.5. The first-order chi connectivity index (χ1) is 7.13. The molecule has 0 radical (unpaired) electrons. The number of benzene rings is 1.